The molecule has 0 aliphatic heterocycles. The van der Waals surface area contributed by atoms with Crippen molar-refractivity contribution in [1.29, 1.82) is 0 Å². The average molecular weight is 442 g/mol. The van der Waals surface area contributed by atoms with Gasteiger partial charge in [0.05, 0.1) is 18.2 Å². The molecular formula is C23H20F2N2O3S. The predicted molar refractivity (Wildman–Crippen MR) is 117 cm³/mol. The zero-order chi connectivity index (χ0) is 22.1. The molecule has 0 unspecified atom stereocenters. The van der Waals surface area contributed by atoms with Crippen molar-refractivity contribution in [3.63, 3.8) is 0 Å². The van der Waals surface area contributed by atoms with E-state index in [1.54, 1.807) is 6.07 Å². The Hall–Kier alpha value is -3.13. The molecule has 1 aliphatic carbocycles. The van der Waals surface area contributed by atoms with E-state index in [0.29, 0.717) is 21.7 Å². The molecule has 2 aromatic carbocycles. The van der Waals surface area contributed by atoms with E-state index in [-0.39, 0.29) is 34.8 Å². The van der Waals surface area contributed by atoms with Crippen LogP contribution in [0.5, 0.6) is 17.2 Å². The first-order valence-corrected chi connectivity index (χ1v) is 10.2. The van der Waals surface area contributed by atoms with Crippen molar-refractivity contribution in [2.24, 2.45) is 11.7 Å². The normalized spacial score (nSPS) is 13.3. The fourth-order valence-corrected chi connectivity index (χ4v) is 3.83. The van der Waals surface area contributed by atoms with Gasteiger partial charge in [-0.2, -0.15) is 0 Å². The number of amides is 1. The molecule has 2 N–H and O–H groups in total. The van der Waals surface area contributed by atoms with Crippen LogP contribution in [0.2, 0.25) is 0 Å². The number of carbonyl (C=O) groups excluding carboxylic acids is 1. The first kappa shape index (κ1) is 21.1. The number of rotatable bonds is 8. The Bertz CT molecular complexity index is 1170. The fourth-order valence-electron chi connectivity index (χ4n) is 3.45. The maximum Gasteiger partial charge on any atom is 0.252 e. The van der Waals surface area contributed by atoms with E-state index < -0.39 is 17.5 Å². The zero-order valence-electron chi connectivity index (χ0n) is 16.8. The van der Waals surface area contributed by atoms with Crippen LogP contribution in [0.15, 0.2) is 36.5 Å². The minimum atomic E-state index is -0.717. The van der Waals surface area contributed by atoms with Gasteiger partial charge in [-0.1, -0.05) is 12.2 Å². The Morgan fingerprint density at radius 2 is 1.90 bits per heavy atom. The summed E-state index contributed by atoms with van der Waals surface area (Å²) in [4.78, 5) is 16.6. The number of nitrogens with two attached hydrogens (primary N) is 1. The number of halogens is 2. The molecule has 0 saturated heterocycles. The van der Waals surface area contributed by atoms with E-state index in [4.69, 9.17) is 27.4 Å². The summed E-state index contributed by atoms with van der Waals surface area (Å²) >= 11 is 5.30. The lowest BCUT2D eigenvalue weighted by Gasteiger charge is -2.13. The van der Waals surface area contributed by atoms with Gasteiger partial charge in [-0.25, -0.2) is 8.78 Å². The molecular weight excluding hydrogens is 422 g/mol. The molecule has 1 aliphatic rings. The highest BCUT2D eigenvalue weighted by atomic mass is 32.1. The lowest BCUT2D eigenvalue weighted by molar-refractivity contribution is 0.0997. The summed E-state index contributed by atoms with van der Waals surface area (Å²) in [7, 11) is 1.41. The number of methoxy groups -OCH3 is 1. The van der Waals surface area contributed by atoms with Gasteiger partial charge in [0.25, 0.3) is 5.91 Å². The van der Waals surface area contributed by atoms with Crippen molar-refractivity contribution in [1.82, 2.24) is 4.98 Å². The van der Waals surface area contributed by atoms with Gasteiger partial charge in [0.15, 0.2) is 0 Å². The number of fused-ring (bicyclic) bond motifs is 1. The molecule has 1 aromatic heterocycles. The second-order valence-corrected chi connectivity index (χ2v) is 8.15. The van der Waals surface area contributed by atoms with E-state index in [0.717, 1.165) is 31.4 Å². The number of hydrogen-bond donors (Lipinski definition) is 1. The minimum Gasteiger partial charge on any atom is -0.496 e. The van der Waals surface area contributed by atoms with Crippen molar-refractivity contribution in [2.45, 2.75) is 25.7 Å². The SMILES string of the molecule is COc1cc2nccc(Oc3cc(F)c(CC(=S)CC4CC4)c(F)c3)c2cc1C(N)=O. The highest BCUT2D eigenvalue weighted by molar-refractivity contribution is 7.80. The number of pyridine rings is 1. The lowest BCUT2D eigenvalue weighted by atomic mass is 10.0. The quantitative estimate of drug-likeness (QED) is 0.490. The Morgan fingerprint density at radius 3 is 2.52 bits per heavy atom. The maximum absolute atomic E-state index is 14.6. The zero-order valence-corrected chi connectivity index (χ0v) is 17.6. The van der Waals surface area contributed by atoms with Gasteiger partial charge >= 0.3 is 0 Å². The van der Waals surface area contributed by atoms with Gasteiger partial charge in [-0.3, -0.25) is 9.78 Å². The van der Waals surface area contributed by atoms with Gasteiger partial charge in [-0.15, -0.1) is 0 Å². The molecule has 1 heterocycles. The number of aromatic nitrogens is 1. The van der Waals surface area contributed by atoms with Gasteiger partial charge in [0.2, 0.25) is 0 Å². The first-order chi connectivity index (χ1) is 14.9. The fraction of sp³-hybridized carbons (Fsp3) is 0.261. The molecule has 0 atom stereocenters. The van der Waals surface area contributed by atoms with Crippen molar-refractivity contribution in [3.05, 3.63) is 59.3 Å². The van der Waals surface area contributed by atoms with Crippen LogP contribution in [-0.4, -0.2) is 22.9 Å². The first-order valence-electron chi connectivity index (χ1n) is 9.79. The van der Waals surface area contributed by atoms with E-state index in [2.05, 4.69) is 4.98 Å². The summed E-state index contributed by atoms with van der Waals surface area (Å²) in [6, 6.07) is 6.82. The number of thiocarbonyl (C=S) groups is 1. The molecule has 160 valence electrons. The monoisotopic (exact) mass is 442 g/mol. The van der Waals surface area contributed by atoms with E-state index >= 15 is 0 Å². The summed E-state index contributed by atoms with van der Waals surface area (Å²) in [5.41, 5.74) is 5.98. The van der Waals surface area contributed by atoms with Gasteiger partial charge in [-0.05, 0) is 42.2 Å². The average Bonchev–Trinajstić information content (AvgIpc) is 3.53. The maximum atomic E-state index is 14.6. The van der Waals surface area contributed by atoms with E-state index in [1.807, 2.05) is 0 Å². The number of primary amides is 1. The summed E-state index contributed by atoms with van der Waals surface area (Å²) < 4.78 is 40.2. The molecule has 8 heteroatoms. The Balaban J connectivity index is 1.64. The molecule has 5 nitrogen and oxygen atoms in total. The molecule has 4 rings (SSSR count). The van der Waals surface area contributed by atoms with Crippen LogP contribution in [0.4, 0.5) is 8.78 Å². The Labute approximate surface area is 183 Å². The molecule has 3 aromatic rings. The predicted octanol–water partition coefficient (Wildman–Crippen LogP) is 5.13. The Morgan fingerprint density at radius 1 is 1.19 bits per heavy atom. The molecule has 0 bridgehead atoms. The molecule has 0 radical (unpaired) electrons. The molecule has 31 heavy (non-hydrogen) atoms. The Kier molecular flexibility index (Phi) is 5.82. The smallest absolute Gasteiger partial charge is 0.252 e. The highest BCUT2D eigenvalue weighted by Gasteiger charge is 2.24. The minimum absolute atomic E-state index is 0.0178. The summed E-state index contributed by atoms with van der Waals surface area (Å²) in [6.45, 7) is 0. The number of benzene rings is 2. The molecule has 1 amide bonds. The van der Waals surface area contributed by atoms with Crippen LogP contribution in [0, 0.1) is 17.6 Å². The van der Waals surface area contributed by atoms with Crippen LogP contribution in [0.3, 0.4) is 0 Å². The number of nitrogens with zero attached hydrogens (tertiary/aromatic N) is 1. The number of carbonyl (C=O) groups is 1. The van der Waals surface area contributed by atoms with Crippen LogP contribution in [-0.2, 0) is 6.42 Å². The van der Waals surface area contributed by atoms with Crippen molar-refractivity contribution >= 4 is 33.9 Å². The van der Waals surface area contributed by atoms with Crippen molar-refractivity contribution < 1.29 is 23.0 Å². The van der Waals surface area contributed by atoms with Crippen molar-refractivity contribution in [2.75, 3.05) is 7.11 Å². The number of hydrogen-bond acceptors (Lipinski definition) is 5. The third kappa shape index (κ3) is 4.64. The van der Waals surface area contributed by atoms with Crippen LogP contribution in [0.1, 0.15) is 35.2 Å². The third-order valence-corrected chi connectivity index (χ3v) is 5.53. The van der Waals surface area contributed by atoms with Crippen LogP contribution in [0.25, 0.3) is 10.9 Å². The van der Waals surface area contributed by atoms with Crippen LogP contribution < -0.4 is 15.2 Å². The largest absolute Gasteiger partial charge is 0.496 e. The molecule has 1 fully saturated rings. The standard InChI is InChI=1S/C23H20F2N2O3S/c1-29-22-11-20-16(10-17(22)23(26)28)21(4-5-27-20)30-13-7-18(24)15(19(25)8-13)9-14(31)6-12-2-3-12/h4-5,7-8,10-12H,2-3,6,9H2,1H3,(H2,26,28). The van der Waals surface area contributed by atoms with Gasteiger partial charge < -0.3 is 15.2 Å². The van der Waals surface area contributed by atoms with E-state index in [1.165, 1.54) is 25.4 Å². The second kappa shape index (κ2) is 8.55. The number of ether oxygens (including phenoxy) is 2. The lowest BCUT2D eigenvalue weighted by Crippen LogP contribution is -2.12. The summed E-state index contributed by atoms with van der Waals surface area (Å²) in [5.74, 6) is -1.03. The molecule has 1 saturated carbocycles. The van der Waals surface area contributed by atoms with Gasteiger partial charge in [0, 0.05) is 41.8 Å². The van der Waals surface area contributed by atoms with Crippen LogP contribution >= 0.6 is 12.2 Å². The second-order valence-electron chi connectivity index (χ2n) is 7.57. The molecule has 0 spiro atoms. The van der Waals surface area contributed by atoms with E-state index in [9.17, 15) is 13.6 Å². The highest BCUT2D eigenvalue weighted by Crippen LogP contribution is 2.35. The summed E-state index contributed by atoms with van der Waals surface area (Å²) in [6.07, 6.45) is 4.55. The van der Waals surface area contributed by atoms with Crippen molar-refractivity contribution in [3.8, 4) is 17.2 Å². The third-order valence-electron chi connectivity index (χ3n) is 5.22. The van der Waals surface area contributed by atoms with Gasteiger partial charge in [0.1, 0.15) is 28.9 Å². The summed E-state index contributed by atoms with van der Waals surface area (Å²) in [5, 5.41) is 0.451. The topological polar surface area (TPSA) is 74.4 Å².